The Balaban J connectivity index is 1.71. The first-order chi connectivity index (χ1) is 8.72. The lowest BCUT2D eigenvalue weighted by Crippen LogP contribution is -2.36. The summed E-state index contributed by atoms with van der Waals surface area (Å²) in [5, 5.41) is 5.77. The molecular formula is C12H13N3O3. The number of amidine groups is 1. The van der Waals surface area contributed by atoms with Crippen LogP contribution in [0.3, 0.4) is 0 Å². The van der Waals surface area contributed by atoms with Crippen molar-refractivity contribution in [3.63, 3.8) is 0 Å². The minimum atomic E-state index is -0.238. The van der Waals surface area contributed by atoms with Crippen LogP contribution in [0.15, 0.2) is 23.2 Å². The van der Waals surface area contributed by atoms with Crippen molar-refractivity contribution >= 4 is 17.4 Å². The minimum absolute atomic E-state index is 0.211. The SMILES string of the molecule is CC1CN=C(C(=O)Nc2ccc3c(c2)OCO3)N1. The van der Waals surface area contributed by atoms with Gasteiger partial charge in [-0.1, -0.05) is 0 Å². The van der Waals surface area contributed by atoms with E-state index in [2.05, 4.69) is 15.6 Å². The zero-order chi connectivity index (χ0) is 12.5. The minimum Gasteiger partial charge on any atom is -0.454 e. The Morgan fingerprint density at radius 2 is 2.28 bits per heavy atom. The molecule has 0 aliphatic carbocycles. The maximum atomic E-state index is 11.9. The van der Waals surface area contributed by atoms with Gasteiger partial charge in [0.2, 0.25) is 6.79 Å². The number of aliphatic imine (C=N–C) groups is 1. The molecule has 2 aliphatic heterocycles. The van der Waals surface area contributed by atoms with E-state index in [1.165, 1.54) is 0 Å². The van der Waals surface area contributed by atoms with Crippen LogP contribution in [0.25, 0.3) is 0 Å². The van der Waals surface area contributed by atoms with Crippen molar-refractivity contribution in [1.82, 2.24) is 5.32 Å². The molecule has 2 N–H and O–H groups in total. The molecule has 0 saturated heterocycles. The number of carbonyl (C=O) groups is 1. The summed E-state index contributed by atoms with van der Waals surface area (Å²) in [6.45, 7) is 2.83. The second-order valence-electron chi connectivity index (χ2n) is 4.26. The molecule has 2 heterocycles. The number of rotatable bonds is 2. The van der Waals surface area contributed by atoms with Crippen LogP contribution in [0.2, 0.25) is 0 Å². The van der Waals surface area contributed by atoms with Crippen LogP contribution in [0, 0.1) is 0 Å². The van der Waals surface area contributed by atoms with Gasteiger partial charge in [0.25, 0.3) is 5.91 Å². The molecule has 0 radical (unpaired) electrons. The van der Waals surface area contributed by atoms with E-state index in [0.717, 1.165) is 0 Å². The lowest BCUT2D eigenvalue weighted by molar-refractivity contribution is -0.110. The highest BCUT2D eigenvalue weighted by Crippen LogP contribution is 2.34. The van der Waals surface area contributed by atoms with Gasteiger partial charge in [-0.25, -0.2) is 0 Å². The van der Waals surface area contributed by atoms with Crippen molar-refractivity contribution < 1.29 is 14.3 Å². The number of ether oxygens (including phenoxy) is 2. The third-order valence-corrected chi connectivity index (χ3v) is 2.75. The third-order valence-electron chi connectivity index (χ3n) is 2.75. The largest absolute Gasteiger partial charge is 0.454 e. The molecule has 94 valence electrons. The first-order valence-electron chi connectivity index (χ1n) is 5.74. The highest BCUT2D eigenvalue weighted by molar-refractivity contribution is 6.42. The van der Waals surface area contributed by atoms with Gasteiger partial charge >= 0.3 is 0 Å². The number of anilines is 1. The summed E-state index contributed by atoms with van der Waals surface area (Å²) >= 11 is 0. The molecular weight excluding hydrogens is 234 g/mol. The summed E-state index contributed by atoms with van der Waals surface area (Å²) in [5.74, 6) is 1.47. The summed E-state index contributed by atoms with van der Waals surface area (Å²) in [6, 6.07) is 5.48. The number of carbonyl (C=O) groups excluding carboxylic acids is 1. The number of amides is 1. The average molecular weight is 247 g/mol. The molecule has 1 unspecified atom stereocenters. The summed E-state index contributed by atoms with van der Waals surface area (Å²) < 4.78 is 10.4. The highest BCUT2D eigenvalue weighted by atomic mass is 16.7. The number of nitrogens with one attached hydrogen (secondary N) is 2. The van der Waals surface area contributed by atoms with E-state index in [-0.39, 0.29) is 18.7 Å². The number of hydrogen-bond acceptors (Lipinski definition) is 5. The van der Waals surface area contributed by atoms with Crippen molar-refractivity contribution in [3.8, 4) is 11.5 Å². The Hall–Kier alpha value is -2.24. The van der Waals surface area contributed by atoms with Crippen molar-refractivity contribution in [2.24, 2.45) is 4.99 Å². The topological polar surface area (TPSA) is 72.0 Å². The van der Waals surface area contributed by atoms with E-state index in [1.54, 1.807) is 18.2 Å². The molecule has 2 aliphatic rings. The van der Waals surface area contributed by atoms with Crippen LogP contribution in [0.5, 0.6) is 11.5 Å². The quantitative estimate of drug-likeness (QED) is 0.808. The number of hydrogen-bond donors (Lipinski definition) is 2. The summed E-state index contributed by atoms with van der Waals surface area (Å²) in [4.78, 5) is 16.0. The van der Waals surface area contributed by atoms with Gasteiger partial charge in [-0.3, -0.25) is 9.79 Å². The number of nitrogens with zero attached hydrogens (tertiary/aromatic N) is 1. The predicted octanol–water partition coefficient (Wildman–Crippen LogP) is 0.744. The zero-order valence-corrected chi connectivity index (χ0v) is 9.90. The van der Waals surface area contributed by atoms with E-state index in [4.69, 9.17) is 9.47 Å². The van der Waals surface area contributed by atoms with Gasteiger partial charge in [-0.2, -0.15) is 0 Å². The zero-order valence-electron chi connectivity index (χ0n) is 9.90. The summed E-state index contributed by atoms with van der Waals surface area (Å²) in [7, 11) is 0. The Morgan fingerprint density at radius 1 is 1.44 bits per heavy atom. The van der Waals surface area contributed by atoms with E-state index in [9.17, 15) is 4.79 Å². The first-order valence-corrected chi connectivity index (χ1v) is 5.74. The number of benzene rings is 1. The smallest absolute Gasteiger partial charge is 0.290 e. The number of fused-ring (bicyclic) bond motifs is 1. The van der Waals surface area contributed by atoms with Crippen molar-refractivity contribution in [2.75, 3.05) is 18.7 Å². The lowest BCUT2D eigenvalue weighted by atomic mass is 10.2. The summed E-state index contributed by atoms with van der Waals surface area (Å²) in [6.07, 6.45) is 0. The second kappa shape index (κ2) is 4.21. The Bertz CT molecular complexity index is 527. The third kappa shape index (κ3) is 1.97. The van der Waals surface area contributed by atoms with Gasteiger partial charge < -0.3 is 20.1 Å². The molecule has 6 heteroatoms. The standard InChI is InChI=1S/C12H13N3O3/c1-7-5-13-11(14-7)12(16)15-8-2-3-9-10(4-8)18-6-17-9/h2-4,7H,5-6H2,1H3,(H,13,14)(H,15,16). The van der Waals surface area contributed by atoms with Crippen LogP contribution in [0.1, 0.15) is 6.92 Å². The van der Waals surface area contributed by atoms with Gasteiger partial charge in [0.15, 0.2) is 17.3 Å². The molecule has 3 rings (SSSR count). The molecule has 1 atom stereocenters. The molecule has 0 spiro atoms. The normalized spacial score (nSPS) is 20.3. The average Bonchev–Trinajstić information content (AvgIpc) is 2.96. The molecule has 18 heavy (non-hydrogen) atoms. The monoisotopic (exact) mass is 247 g/mol. The van der Waals surface area contributed by atoms with Crippen LogP contribution in [-0.2, 0) is 4.79 Å². The van der Waals surface area contributed by atoms with E-state index < -0.39 is 0 Å². The molecule has 1 aromatic rings. The van der Waals surface area contributed by atoms with E-state index in [0.29, 0.717) is 29.6 Å². The first kappa shape index (κ1) is 10.9. The molecule has 0 saturated carbocycles. The Labute approximate surface area is 104 Å². The molecule has 6 nitrogen and oxygen atoms in total. The van der Waals surface area contributed by atoms with Gasteiger partial charge in [-0.05, 0) is 19.1 Å². The van der Waals surface area contributed by atoms with Gasteiger partial charge in [0, 0.05) is 17.8 Å². The van der Waals surface area contributed by atoms with Gasteiger partial charge in [-0.15, -0.1) is 0 Å². The van der Waals surface area contributed by atoms with E-state index >= 15 is 0 Å². The lowest BCUT2D eigenvalue weighted by Gasteiger charge is -2.07. The summed E-state index contributed by atoms with van der Waals surface area (Å²) in [5.41, 5.74) is 0.660. The highest BCUT2D eigenvalue weighted by Gasteiger charge is 2.20. The predicted molar refractivity (Wildman–Crippen MR) is 66.1 cm³/mol. The maximum absolute atomic E-state index is 11.9. The van der Waals surface area contributed by atoms with Crippen molar-refractivity contribution in [1.29, 1.82) is 0 Å². The van der Waals surface area contributed by atoms with Crippen molar-refractivity contribution in [3.05, 3.63) is 18.2 Å². The van der Waals surface area contributed by atoms with Gasteiger partial charge in [0.1, 0.15) is 0 Å². The Kier molecular flexibility index (Phi) is 2.55. The fourth-order valence-corrected chi connectivity index (χ4v) is 1.85. The maximum Gasteiger partial charge on any atom is 0.290 e. The van der Waals surface area contributed by atoms with Crippen LogP contribution >= 0.6 is 0 Å². The molecule has 0 bridgehead atoms. The van der Waals surface area contributed by atoms with Crippen LogP contribution in [0.4, 0.5) is 5.69 Å². The molecule has 1 amide bonds. The van der Waals surface area contributed by atoms with Crippen LogP contribution < -0.4 is 20.1 Å². The van der Waals surface area contributed by atoms with Gasteiger partial charge in [0.05, 0.1) is 6.54 Å². The second-order valence-corrected chi connectivity index (χ2v) is 4.26. The fourth-order valence-electron chi connectivity index (χ4n) is 1.85. The molecule has 0 fully saturated rings. The van der Waals surface area contributed by atoms with Crippen LogP contribution in [-0.4, -0.2) is 31.1 Å². The fraction of sp³-hybridized carbons (Fsp3) is 0.333. The Morgan fingerprint density at radius 3 is 3.06 bits per heavy atom. The molecule has 0 aromatic heterocycles. The van der Waals surface area contributed by atoms with Crippen molar-refractivity contribution in [2.45, 2.75) is 13.0 Å². The van der Waals surface area contributed by atoms with E-state index in [1.807, 2.05) is 6.92 Å². The molecule has 1 aromatic carbocycles.